The maximum atomic E-state index is 11.6. The molecule has 0 spiro atoms. The number of nitrogen functional groups attached to an aromatic ring is 1. The molecule has 0 radical (unpaired) electrons. The third-order valence-electron chi connectivity index (χ3n) is 2.40. The Hall–Kier alpha value is -1.98. The van der Waals surface area contributed by atoms with E-state index in [9.17, 15) is 4.79 Å². The van der Waals surface area contributed by atoms with Gasteiger partial charge >= 0.3 is 0 Å². The summed E-state index contributed by atoms with van der Waals surface area (Å²) in [5.74, 6) is 0.962. The highest BCUT2D eigenvalue weighted by atomic mass is 16.5. The second kappa shape index (κ2) is 6.68. The van der Waals surface area contributed by atoms with Gasteiger partial charge in [0, 0.05) is 19.7 Å². The molecule has 18 heavy (non-hydrogen) atoms. The first kappa shape index (κ1) is 14.1. The van der Waals surface area contributed by atoms with Crippen LogP contribution in [0, 0.1) is 0 Å². The Labute approximate surface area is 107 Å². The summed E-state index contributed by atoms with van der Waals surface area (Å²) in [7, 11) is 3.31. The van der Waals surface area contributed by atoms with Gasteiger partial charge in [-0.3, -0.25) is 4.79 Å². The van der Waals surface area contributed by atoms with Crippen molar-refractivity contribution in [3.63, 3.8) is 0 Å². The third-order valence-corrected chi connectivity index (χ3v) is 2.40. The predicted molar refractivity (Wildman–Crippen MR) is 71.8 cm³/mol. The van der Waals surface area contributed by atoms with Crippen LogP contribution in [-0.2, 0) is 4.79 Å². The summed E-state index contributed by atoms with van der Waals surface area (Å²) in [6.07, 6.45) is 0.912. The first-order valence-electron chi connectivity index (χ1n) is 5.86. The first-order chi connectivity index (χ1) is 8.58. The number of amides is 1. The minimum atomic E-state index is -0.0524. The first-order valence-corrected chi connectivity index (χ1v) is 5.86. The van der Waals surface area contributed by atoms with E-state index in [1.807, 2.05) is 6.92 Å². The van der Waals surface area contributed by atoms with Gasteiger partial charge < -0.3 is 20.7 Å². The Morgan fingerprint density at radius 3 is 2.89 bits per heavy atom. The van der Waals surface area contributed by atoms with E-state index in [1.54, 1.807) is 24.1 Å². The molecule has 6 nitrogen and oxygen atoms in total. The van der Waals surface area contributed by atoms with Crippen molar-refractivity contribution >= 4 is 17.4 Å². The van der Waals surface area contributed by atoms with E-state index in [-0.39, 0.29) is 12.5 Å². The summed E-state index contributed by atoms with van der Waals surface area (Å²) in [4.78, 5) is 17.5. The van der Waals surface area contributed by atoms with E-state index >= 15 is 0 Å². The van der Waals surface area contributed by atoms with Crippen molar-refractivity contribution < 1.29 is 9.53 Å². The molecule has 3 N–H and O–H groups in total. The fourth-order valence-corrected chi connectivity index (χ4v) is 1.47. The van der Waals surface area contributed by atoms with E-state index in [4.69, 9.17) is 10.5 Å². The molecule has 0 saturated carbocycles. The van der Waals surface area contributed by atoms with Gasteiger partial charge in [0.15, 0.2) is 5.82 Å². The second-order valence-corrected chi connectivity index (χ2v) is 3.97. The number of carbonyl (C=O) groups is 1. The van der Waals surface area contributed by atoms with Gasteiger partial charge in [-0.25, -0.2) is 0 Å². The highest BCUT2D eigenvalue weighted by Gasteiger charge is 2.12. The van der Waals surface area contributed by atoms with E-state index in [2.05, 4.69) is 10.3 Å². The molecule has 1 aromatic rings. The molecule has 1 aromatic heterocycles. The zero-order chi connectivity index (χ0) is 13.5. The number of likely N-dealkylation sites (N-methyl/N-ethyl adjacent to an activating group) is 1. The van der Waals surface area contributed by atoms with Crippen molar-refractivity contribution in [2.75, 3.05) is 37.9 Å². The summed E-state index contributed by atoms with van der Waals surface area (Å²) in [6, 6.07) is 3.39. The molecule has 0 unspecified atom stereocenters. The minimum absolute atomic E-state index is 0.0524. The SMILES string of the molecule is CCCNC(=O)CN(C)c1nc(OC)ccc1N. The van der Waals surface area contributed by atoms with E-state index in [1.165, 1.54) is 7.11 Å². The Morgan fingerprint density at radius 1 is 1.56 bits per heavy atom. The zero-order valence-electron chi connectivity index (χ0n) is 11.1. The molecule has 0 aliphatic rings. The molecule has 0 aliphatic carbocycles. The molecule has 1 heterocycles. The molecule has 0 saturated heterocycles. The van der Waals surface area contributed by atoms with Crippen LogP contribution in [0.15, 0.2) is 12.1 Å². The minimum Gasteiger partial charge on any atom is -0.481 e. The maximum absolute atomic E-state index is 11.6. The van der Waals surface area contributed by atoms with Crippen molar-refractivity contribution in [1.29, 1.82) is 0 Å². The number of nitrogens with one attached hydrogen (secondary N) is 1. The normalized spacial score (nSPS) is 9.94. The van der Waals surface area contributed by atoms with Crippen LogP contribution in [-0.4, -0.2) is 38.1 Å². The van der Waals surface area contributed by atoms with Crippen LogP contribution in [0.25, 0.3) is 0 Å². The van der Waals surface area contributed by atoms with Gasteiger partial charge in [0.1, 0.15) is 0 Å². The fourth-order valence-electron chi connectivity index (χ4n) is 1.47. The maximum Gasteiger partial charge on any atom is 0.239 e. The van der Waals surface area contributed by atoms with Crippen molar-refractivity contribution in [3.8, 4) is 5.88 Å². The second-order valence-electron chi connectivity index (χ2n) is 3.97. The number of hydrogen-bond acceptors (Lipinski definition) is 5. The lowest BCUT2D eigenvalue weighted by molar-refractivity contribution is -0.119. The number of ether oxygens (including phenoxy) is 1. The third kappa shape index (κ3) is 3.80. The molecule has 0 fully saturated rings. The van der Waals surface area contributed by atoms with Crippen LogP contribution in [0.3, 0.4) is 0 Å². The summed E-state index contributed by atoms with van der Waals surface area (Å²) in [5, 5.41) is 2.80. The largest absolute Gasteiger partial charge is 0.481 e. The Kier molecular flexibility index (Phi) is 5.23. The monoisotopic (exact) mass is 252 g/mol. The number of anilines is 2. The van der Waals surface area contributed by atoms with Crippen LogP contribution >= 0.6 is 0 Å². The quantitative estimate of drug-likeness (QED) is 0.776. The van der Waals surface area contributed by atoms with Crippen molar-refractivity contribution in [1.82, 2.24) is 10.3 Å². The summed E-state index contributed by atoms with van der Waals surface area (Å²) < 4.78 is 5.04. The van der Waals surface area contributed by atoms with Gasteiger partial charge in [0.25, 0.3) is 0 Å². The van der Waals surface area contributed by atoms with Gasteiger partial charge in [-0.2, -0.15) is 4.98 Å². The molecule has 0 atom stereocenters. The van der Waals surface area contributed by atoms with Crippen LogP contribution in [0.1, 0.15) is 13.3 Å². The van der Waals surface area contributed by atoms with Crippen molar-refractivity contribution in [3.05, 3.63) is 12.1 Å². The average molecular weight is 252 g/mol. The van der Waals surface area contributed by atoms with E-state index in [0.29, 0.717) is 23.9 Å². The summed E-state index contributed by atoms with van der Waals surface area (Å²) in [6.45, 7) is 2.89. The number of nitrogens with two attached hydrogens (primary N) is 1. The lowest BCUT2D eigenvalue weighted by Gasteiger charge is -2.19. The van der Waals surface area contributed by atoms with E-state index < -0.39 is 0 Å². The van der Waals surface area contributed by atoms with Gasteiger partial charge in [-0.15, -0.1) is 0 Å². The average Bonchev–Trinajstić information content (AvgIpc) is 2.36. The van der Waals surface area contributed by atoms with Crippen LogP contribution in [0.2, 0.25) is 0 Å². The van der Waals surface area contributed by atoms with Crippen molar-refractivity contribution in [2.24, 2.45) is 0 Å². The van der Waals surface area contributed by atoms with Gasteiger partial charge in [0.05, 0.1) is 19.3 Å². The highest BCUT2D eigenvalue weighted by molar-refractivity contribution is 5.82. The topological polar surface area (TPSA) is 80.5 Å². The molecule has 1 rings (SSSR count). The van der Waals surface area contributed by atoms with Gasteiger partial charge in [-0.05, 0) is 12.5 Å². The Balaban J connectivity index is 2.71. The van der Waals surface area contributed by atoms with Gasteiger partial charge in [0.2, 0.25) is 11.8 Å². The lowest BCUT2D eigenvalue weighted by Crippen LogP contribution is -2.36. The number of methoxy groups -OCH3 is 1. The molecule has 100 valence electrons. The number of nitrogens with zero attached hydrogens (tertiary/aromatic N) is 2. The fraction of sp³-hybridized carbons (Fsp3) is 0.500. The number of aromatic nitrogens is 1. The molecular weight excluding hydrogens is 232 g/mol. The summed E-state index contributed by atoms with van der Waals surface area (Å²) in [5.41, 5.74) is 6.34. The number of hydrogen-bond donors (Lipinski definition) is 2. The number of pyridine rings is 1. The zero-order valence-corrected chi connectivity index (χ0v) is 11.1. The number of carbonyl (C=O) groups excluding carboxylic acids is 1. The molecule has 0 aromatic carbocycles. The standard InChI is InChI=1S/C12H20N4O2/c1-4-7-14-10(17)8-16(2)12-9(13)5-6-11(15-12)18-3/h5-6H,4,7-8,13H2,1-3H3,(H,14,17). The predicted octanol–water partition coefficient (Wildman–Crippen LogP) is 0.635. The molecular formula is C12H20N4O2. The molecule has 6 heteroatoms. The smallest absolute Gasteiger partial charge is 0.239 e. The highest BCUT2D eigenvalue weighted by Crippen LogP contribution is 2.22. The van der Waals surface area contributed by atoms with E-state index in [0.717, 1.165) is 6.42 Å². The molecule has 0 aliphatic heterocycles. The van der Waals surface area contributed by atoms with Crippen LogP contribution in [0.4, 0.5) is 11.5 Å². The van der Waals surface area contributed by atoms with Crippen LogP contribution in [0.5, 0.6) is 5.88 Å². The van der Waals surface area contributed by atoms with Gasteiger partial charge in [-0.1, -0.05) is 6.92 Å². The number of rotatable bonds is 6. The Morgan fingerprint density at radius 2 is 2.28 bits per heavy atom. The Bertz CT molecular complexity index is 409. The molecule has 1 amide bonds. The molecule has 0 bridgehead atoms. The van der Waals surface area contributed by atoms with Crippen molar-refractivity contribution in [2.45, 2.75) is 13.3 Å². The summed E-state index contributed by atoms with van der Waals surface area (Å²) >= 11 is 0. The lowest BCUT2D eigenvalue weighted by atomic mass is 10.3. The van der Waals surface area contributed by atoms with Crippen LogP contribution < -0.4 is 20.7 Å².